The molecule has 6 nitrogen and oxygen atoms in total. The van der Waals surface area contributed by atoms with Crippen molar-refractivity contribution in [2.75, 3.05) is 19.6 Å². The Hall–Kier alpha value is -2.24. The van der Waals surface area contributed by atoms with Crippen LogP contribution in [0.4, 0.5) is 9.59 Å². The topological polar surface area (TPSA) is 61.9 Å². The standard InChI is InChI=1S/C18H25N3O3/c1-14-7-12-21(17(22)19-14)16-8-10-20(11-9-16)18(23)24-13-15-5-3-2-4-6-15/h2-6,14,16H,7-13H2,1H3,(H,19,22). The molecular weight excluding hydrogens is 306 g/mol. The van der Waals surface area contributed by atoms with Crippen LogP contribution in [0.5, 0.6) is 0 Å². The molecular formula is C18H25N3O3. The smallest absolute Gasteiger partial charge is 0.410 e. The van der Waals surface area contributed by atoms with Gasteiger partial charge in [0.05, 0.1) is 0 Å². The number of nitrogens with zero attached hydrogens (tertiary/aromatic N) is 2. The highest BCUT2D eigenvalue weighted by Gasteiger charge is 2.32. The third-order valence-electron chi connectivity index (χ3n) is 4.80. The minimum absolute atomic E-state index is 0.0267. The van der Waals surface area contributed by atoms with Gasteiger partial charge in [-0.3, -0.25) is 0 Å². The third-order valence-corrected chi connectivity index (χ3v) is 4.80. The minimum atomic E-state index is -0.269. The molecule has 130 valence electrons. The van der Waals surface area contributed by atoms with Gasteiger partial charge in [0, 0.05) is 31.7 Å². The van der Waals surface area contributed by atoms with Crippen molar-refractivity contribution in [3.8, 4) is 0 Å². The summed E-state index contributed by atoms with van der Waals surface area (Å²) in [6.45, 7) is 4.40. The van der Waals surface area contributed by atoms with Gasteiger partial charge in [-0.25, -0.2) is 9.59 Å². The molecule has 2 saturated heterocycles. The molecule has 2 heterocycles. The molecule has 1 aromatic rings. The lowest BCUT2D eigenvalue weighted by molar-refractivity contribution is 0.0703. The Bertz CT molecular complexity index is 570. The number of piperidine rings is 1. The van der Waals surface area contributed by atoms with Crippen LogP contribution in [0.1, 0.15) is 31.7 Å². The lowest BCUT2D eigenvalue weighted by Crippen LogP contribution is -2.57. The SMILES string of the molecule is CC1CCN(C2CCN(C(=O)OCc3ccccc3)CC2)C(=O)N1. The number of amides is 3. The van der Waals surface area contributed by atoms with Crippen LogP contribution in [0, 0.1) is 0 Å². The number of rotatable bonds is 3. The second kappa shape index (κ2) is 7.55. The highest BCUT2D eigenvalue weighted by Crippen LogP contribution is 2.20. The lowest BCUT2D eigenvalue weighted by Gasteiger charge is -2.41. The van der Waals surface area contributed by atoms with Crippen LogP contribution >= 0.6 is 0 Å². The van der Waals surface area contributed by atoms with E-state index in [4.69, 9.17) is 4.74 Å². The van der Waals surface area contributed by atoms with Crippen LogP contribution in [-0.2, 0) is 11.3 Å². The van der Waals surface area contributed by atoms with Crippen molar-refractivity contribution in [3.63, 3.8) is 0 Å². The van der Waals surface area contributed by atoms with Gasteiger partial charge >= 0.3 is 12.1 Å². The zero-order valence-electron chi connectivity index (χ0n) is 14.1. The van der Waals surface area contributed by atoms with E-state index in [-0.39, 0.29) is 24.2 Å². The average molecular weight is 331 g/mol. The second-order valence-corrected chi connectivity index (χ2v) is 6.59. The summed E-state index contributed by atoms with van der Waals surface area (Å²) in [7, 11) is 0. The number of urea groups is 1. The van der Waals surface area contributed by atoms with Gasteiger partial charge in [0.2, 0.25) is 0 Å². The fraction of sp³-hybridized carbons (Fsp3) is 0.556. The van der Waals surface area contributed by atoms with Crippen molar-refractivity contribution in [1.82, 2.24) is 15.1 Å². The number of hydrogen-bond donors (Lipinski definition) is 1. The van der Waals surface area contributed by atoms with E-state index in [0.717, 1.165) is 31.4 Å². The first-order chi connectivity index (χ1) is 11.6. The van der Waals surface area contributed by atoms with Gasteiger partial charge in [-0.05, 0) is 31.7 Å². The van der Waals surface area contributed by atoms with Gasteiger partial charge in [0.15, 0.2) is 0 Å². The molecule has 0 bridgehead atoms. The fourth-order valence-electron chi connectivity index (χ4n) is 3.32. The Kier molecular flexibility index (Phi) is 5.23. The normalized spacial score (nSPS) is 22.2. The van der Waals surface area contributed by atoms with Crippen molar-refractivity contribution < 1.29 is 14.3 Å². The summed E-state index contributed by atoms with van der Waals surface area (Å²) in [5.41, 5.74) is 0.986. The summed E-state index contributed by atoms with van der Waals surface area (Å²) in [5, 5.41) is 2.98. The summed E-state index contributed by atoms with van der Waals surface area (Å²) in [5.74, 6) is 0. The molecule has 1 N–H and O–H groups in total. The van der Waals surface area contributed by atoms with E-state index in [0.29, 0.717) is 19.7 Å². The number of benzene rings is 1. The molecule has 3 rings (SSSR count). The first-order valence-electron chi connectivity index (χ1n) is 8.66. The molecule has 2 fully saturated rings. The number of likely N-dealkylation sites (tertiary alicyclic amines) is 1. The Morgan fingerprint density at radius 3 is 2.54 bits per heavy atom. The van der Waals surface area contributed by atoms with Gasteiger partial charge in [-0.2, -0.15) is 0 Å². The van der Waals surface area contributed by atoms with Gasteiger partial charge in [0.25, 0.3) is 0 Å². The van der Waals surface area contributed by atoms with Gasteiger partial charge < -0.3 is 19.9 Å². The van der Waals surface area contributed by atoms with Gasteiger partial charge in [-0.15, -0.1) is 0 Å². The van der Waals surface area contributed by atoms with Crippen LogP contribution in [0.3, 0.4) is 0 Å². The summed E-state index contributed by atoms with van der Waals surface area (Å²) < 4.78 is 5.38. The monoisotopic (exact) mass is 331 g/mol. The molecule has 0 aliphatic carbocycles. The number of ether oxygens (including phenoxy) is 1. The number of hydrogen-bond acceptors (Lipinski definition) is 3. The molecule has 24 heavy (non-hydrogen) atoms. The van der Waals surface area contributed by atoms with E-state index in [1.807, 2.05) is 42.2 Å². The Morgan fingerprint density at radius 2 is 1.88 bits per heavy atom. The first kappa shape index (κ1) is 16.6. The maximum Gasteiger partial charge on any atom is 0.410 e. The summed E-state index contributed by atoms with van der Waals surface area (Å²) in [4.78, 5) is 27.9. The van der Waals surface area contributed by atoms with Crippen molar-refractivity contribution in [1.29, 1.82) is 0 Å². The highest BCUT2D eigenvalue weighted by molar-refractivity contribution is 5.75. The second-order valence-electron chi connectivity index (χ2n) is 6.59. The number of nitrogens with one attached hydrogen (secondary N) is 1. The third kappa shape index (κ3) is 3.99. The van der Waals surface area contributed by atoms with Crippen molar-refractivity contribution in [2.24, 2.45) is 0 Å². The molecule has 0 spiro atoms. The first-order valence-corrected chi connectivity index (χ1v) is 8.66. The summed E-state index contributed by atoms with van der Waals surface area (Å²) in [6.07, 6.45) is 2.32. The predicted molar refractivity (Wildman–Crippen MR) is 90.5 cm³/mol. The average Bonchev–Trinajstić information content (AvgIpc) is 2.61. The fourth-order valence-corrected chi connectivity index (χ4v) is 3.32. The minimum Gasteiger partial charge on any atom is -0.445 e. The molecule has 2 aliphatic heterocycles. The van der Waals surface area contributed by atoms with E-state index in [1.165, 1.54) is 0 Å². The number of carbonyl (C=O) groups excluding carboxylic acids is 2. The van der Waals surface area contributed by atoms with Crippen molar-refractivity contribution >= 4 is 12.1 Å². The molecule has 6 heteroatoms. The molecule has 3 amide bonds. The Morgan fingerprint density at radius 1 is 1.17 bits per heavy atom. The van der Waals surface area contributed by atoms with Crippen LogP contribution in [-0.4, -0.2) is 53.6 Å². The maximum atomic E-state index is 12.2. The van der Waals surface area contributed by atoms with E-state index in [2.05, 4.69) is 5.32 Å². The van der Waals surface area contributed by atoms with Crippen molar-refractivity contribution in [3.05, 3.63) is 35.9 Å². The van der Waals surface area contributed by atoms with Crippen LogP contribution in [0.15, 0.2) is 30.3 Å². The zero-order chi connectivity index (χ0) is 16.9. The quantitative estimate of drug-likeness (QED) is 0.926. The molecule has 1 aromatic carbocycles. The maximum absolute atomic E-state index is 12.2. The van der Waals surface area contributed by atoms with Crippen LogP contribution < -0.4 is 5.32 Å². The lowest BCUT2D eigenvalue weighted by atomic mass is 10.0. The molecule has 0 aromatic heterocycles. The number of carbonyl (C=O) groups is 2. The molecule has 0 radical (unpaired) electrons. The highest BCUT2D eigenvalue weighted by atomic mass is 16.6. The van der Waals surface area contributed by atoms with E-state index < -0.39 is 0 Å². The summed E-state index contributed by atoms with van der Waals surface area (Å²) in [6, 6.07) is 10.2. The van der Waals surface area contributed by atoms with Gasteiger partial charge in [-0.1, -0.05) is 30.3 Å². The predicted octanol–water partition coefficient (Wildman–Crippen LogP) is 2.59. The van der Waals surface area contributed by atoms with E-state index >= 15 is 0 Å². The van der Waals surface area contributed by atoms with Gasteiger partial charge in [0.1, 0.15) is 6.61 Å². The Balaban J connectivity index is 1.44. The largest absolute Gasteiger partial charge is 0.445 e. The van der Waals surface area contributed by atoms with E-state index in [9.17, 15) is 9.59 Å². The molecule has 0 saturated carbocycles. The molecule has 2 aliphatic rings. The molecule has 1 unspecified atom stereocenters. The summed E-state index contributed by atoms with van der Waals surface area (Å²) >= 11 is 0. The zero-order valence-corrected chi connectivity index (χ0v) is 14.1. The van der Waals surface area contributed by atoms with Crippen LogP contribution in [0.2, 0.25) is 0 Å². The molecule has 1 atom stereocenters. The van der Waals surface area contributed by atoms with E-state index in [1.54, 1.807) is 4.90 Å². The van der Waals surface area contributed by atoms with Crippen LogP contribution in [0.25, 0.3) is 0 Å². The van der Waals surface area contributed by atoms with Crippen molar-refractivity contribution in [2.45, 2.75) is 44.9 Å². The Labute approximate surface area is 142 Å².